The number of para-hydroxylation sites is 1. The van der Waals surface area contributed by atoms with Crippen LogP contribution in [-0.4, -0.2) is 65.9 Å². The molecule has 1 aliphatic rings. The topological polar surface area (TPSA) is 58.1 Å². The van der Waals surface area contributed by atoms with E-state index in [1.165, 1.54) is 31.2 Å². The second-order valence-electron chi connectivity index (χ2n) is 7.98. The summed E-state index contributed by atoms with van der Waals surface area (Å²) in [5.41, 5.74) is 1.50. The molecule has 1 aromatic carbocycles. The van der Waals surface area contributed by atoms with Gasteiger partial charge in [-0.2, -0.15) is 0 Å². The molecule has 0 bridgehead atoms. The van der Waals surface area contributed by atoms with E-state index in [0.29, 0.717) is 5.41 Å². The van der Waals surface area contributed by atoms with E-state index in [0.717, 1.165) is 37.8 Å². The van der Waals surface area contributed by atoms with Crippen LogP contribution in [-0.2, 0) is 4.74 Å². The van der Waals surface area contributed by atoms with Crippen molar-refractivity contribution in [1.82, 2.24) is 15.5 Å². The number of likely N-dealkylation sites (N-methyl/N-ethyl adjacent to an activating group) is 1. The Bertz CT molecular complexity index is 612. The summed E-state index contributed by atoms with van der Waals surface area (Å²) < 4.78 is 10.9. The van der Waals surface area contributed by atoms with Gasteiger partial charge in [-0.15, -0.1) is 0 Å². The van der Waals surface area contributed by atoms with Crippen molar-refractivity contribution in [3.8, 4) is 5.75 Å². The Hall–Kier alpha value is -1.79. The SMILES string of the molecule is CN=C(NCC(c1ccccc1OC)N(C)C)NCC1(CCOC)CCCC1. The standard InChI is InChI=1S/C22H38N4O2/c1-23-21(25-17-22(14-15-27-4)12-8-9-13-22)24-16-19(26(2)3)18-10-6-7-11-20(18)28-5/h6-7,10-11,19H,8-9,12-17H2,1-5H3,(H2,23,24,25). The Balaban J connectivity index is 1.97. The van der Waals surface area contributed by atoms with Gasteiger partial charge in [-0.3, -0.25) is 4.99 Å². The van der Waals surface area contributed by atoms with Crippen LogP contribution in [0.5, 0.6) is 5.75 Å². The molecule has 0 radical (unpaired) electrons. The van der Waals surface area contributed by atoms with Gasteiger partial charge in [0.05, 0.1) is 13.2 Å². The molecule has 6 nitrogen and oxygen atoms in total. The van der Waals surface area contributed by atoms with E-state index in [1.807, 2.05) is 19.2 Å². The van der Waals surface area contributed by atoms with Crippen molar-refractivity contribution in [2.45, 2.75) is 38.1 Å². The third-order valence-electron chi connectivity index (χ3n) is 5.94. The predicted molar refractivity (Wildman–Crippen MR) is 116 cm³/mol. The first-order valence-corrected chi connectivity index (χ1v) is 10.3. The highest BCUT2D eigenvalue weighted by atomic mass is 16.5. The summed E-state index contributed by atoms with van der Waals surface area (Å²) in [5.74, 6) is 1.76. The summed E-state index contributed by atoms with van der Waals surface area (Å²) in [6, 6.07) is 8.38. The second-order valence-corrected chi connectivity index (χ2v) is 7.98. The number of benzene rings is 1. The van der Waals surface area contributed by atoms with Gasteiger partial charge in [0.15, 0.2) is 5.96 Å². The monoisotopic (exact) mass is 390 g/mol. The normalized spacial score (nSPS) is 17.6. The lowest BCUT2D eigenvalue weighted by Crippen LogP contribution is -2.45. The average Bonchev–Trinajstić information content (AvgIpc) is 3.18. The first-order valence-electron chi connectivity index (χ1n) is 10.3. The predicted octanol–water partition coefficient (Wildman–Crippen LogP) is 3.06. The van der Waals surface area contributed by atoms with Gasteiger partial charge >= 0.3 is 0 Å². The Morgan fingerprint density at radius 3 is 2.50 bits per heavy atom. The molecule has 1 aromatic rings. The van der Waals surface area contributed by atoms with E-state index in [1.54, 1.807) is 14.2 Å². The van der Waals surface area contributed by atoms with Crippen LogP contribution < -0.4 is 15.4 Å². The van der Waals surface area contributed by atoms with Crippen LogP contribution in [0.4, 0.5) is 0 Å². The Kier molecular flexibility index (Phi) is 9.06. The fourth-order valence-electron chi connectivity index (χ4n) is 4.16. The zero-order chi connectivity index (χ0) is 20.4. The summed E-state index contributed by atoms with van der Waals surface area (Å²) in [5, 5.41) is 7.08. The van der Waals surface area contributed by atoms with Gasteiger partial charge in [0.25, 0.3) is 0 Å². The van der Waals surface area contributed by atoms with Crippen LogP contribution >= 0.6 is 0 Å². The van der Waals surface area contributed by atoms with Gasteiger partial charge in [0.2, 0.25) is 0 Å². The first kappa shape index (κ1) is 22.5. The first-order chi connectivity index (χ1) is 13.5. The van der Waals surface area contributed by atoms with Crippen molar-refractivity contribution in [2.75, 3.05) is 55.1 Å². The van der Waals surface area contributed by atoms with Gasteiger partial charge in [-0.1, -0.05) is 31.0 Å². The fourth-order valence-corrected chi connectivity index (χ4v) is 4.16. The molecule has 1 fully saturated rings. The lowest BCUT2D eigenvalue weighted by atomic mass is 9.83. The minimum Gasteiger partial charge on any atom is -0.496 e. The number of ether oxygens (including phenoxy) is 2. The molecule has 2 N–H and O–H groups in total. The van der Waals surface area contributed by atoms with E-state index < -0.39 is 0 Å². The van der Waals surface area contributed by atoms with Crippen molar-refractivity contribution < 1.29 is 9.47 Å². The largest absolute Gasteiger partial charge is 0.496 e. The van der Waals surface area contributed by atoms with Crippen LogP contribution in [0.25, 0.3) is 0 Å². The number of hydrogen-bond acceptors (Lipinski definition) is 4. The van der Waals surface area contributed by atoms with E-state index in [2.05, 4.69) is 46.8 Å². The molecule has 1 unspecified atom stereocenters. The highest BCUT2D eigenvalue weighted by molar-refractivity contribution is 5.79. The van der Waals surface area contributed by atoms with Gasteiger partial charge in [-0.25, -0.2) is 0 Å². The van der Waals surface area contributed by atoms with Crippen LogP contribution in [0.3, 0.4) is 0 Å². The van der Waals surface area contributed by atoms with Crippen LogP contribution in [0.2, 0.25) is 0 Å². The lowest BCUT2D eigenvalue weighted by Gasteiger charge is -2.31. The molecule has 0 aliphatic heterocycles. The molecule has 0 saturated heterocycles. The number of aliphatic imine (C=N–C) groups is 1. The van der Waals surface area contributed by atoms with Crippen LogP contribution in [0.1, 0.15) is 43.7 Å². The molecule has 1 atom stereocenters. The summed E-state index contributed by atoms with van der Waals surface area (Å²) in [6.07, 6.45) is 6.26. The number of nitrogens with one attached hydrogen (secondary N) is 2. The molecule has 158 valence electrons. The second kappa shape index (κ2) is 11.3. The summed E-state index contributed by atoms with van der Waals surface area (Å²) in [4.78, 5) is 6.64. The molecule has 6 heteroatoms. The van der Waals surface area contributed by atoms with E-state index in [-0.39, 0.29) is 6.04 Å². The van der Waals surface area contributed by atoms with Crippen LogP contribution in [0.15, 0.2) is 29.3 Å². The number of hydrogen-bond donors (Lipinski definition) is 2. The quantitative estimate of drug-likeness (QED) is 0.475. The van der Waals surface area contributed by atoms with Crippen LogP contribution in [0, 0.1) is 5.41 Å². The maximum atomic E-state index is 5.56. The highest BCUT2D eigenvalue weighted by Gasteiger charge is 2.33. The van der Waals surface area contributed by atoms with Crippen molar-refractivity contribution in [3.05, 3.63) is 29.8 Å². The van der Waals surface area contributed by atoms with Crippen molar-refractivity contribution in [1.29, 1.82) is 0 Å². The summed E-state index contributed by atoms with van der Waals surface area (Å²) >= 11 is 0. The van der Waals surface area contributed by atoms with Crippen molar-refractivity contribution in [3.63, 3.8) is 0 Å². The van der Waals surface area contributed by atoms with Gasteiger partial charge in [0.1, 0.15) is 5.75 Å². The third kappa shape index (κ3) is 6.11. The molecule has 2 rings (SSSR count). The molecule has 1 saturated carbocycles. The van der Waals surface area contributed by atoms with E-state index in [4.69, 9.17) is 9.47 Å². The zero-order valence-electron chi connectivity index (χ0n) is 18.3. The average molecular weight is 391 g/mol. The number of methoxy groups -OCH3 is 2. The molecule has 0 aromatic heterocycles. The maximum Gasteiger partial charge on any atom is 0.191 e. The Labute approximate surface area is 170 Å². The molecule has 0 amide bonds. The third-order valence-corrected chi connectivity index (χ3v) is 5.94. The van der Waals surface area contributed by atoms with Gasteiger partial charge in [0, 0.05) is 39.4 Å². The van der Waals surface area contributed by atoms with Gasteiger partial charge in [-0.05, 0) is 44.8 Å². The number of guanidine groups is 1. The lowest BCUT2D eigenvalue weighted by molar-refractivity contribution is 0.138. The highest BCUT2D eigenvalue weighted by Crippen LogP contribution is 2.40. The molecule has 1 aliphatic carbocycles. The minimum absolute atomic E-state index is 0.184. The molecular formula is C22H38N4O2. The Morgan fingerprint density at radius 1 is 1.18 bits per heavy atom. The minimum atomic E-state index is 0.184. The molecule has 0 heterocycles. The Morgan fingerprint density at radius 2 is 1.89 bits per heavy atom. The van der Waals surface area contributed by atoms with Gasteiger partial charge < -0.3 is 25.0 Å². The van der Waals surface area contributed by atoms with Crippen molar-refractivity contribution in [2.24, 2.45) is 10.4 Å². The van der Waals surface area contributed by atoms with E-state index in [9.17, 15) is 0 Å². The number of rotatable bonds is 10. The zero-order valence-corrected chi connectivity index (χ0v) is 18.3. The summed E-state index contributed by atoms with van der Waals surface area (Å²) in [6.45, 7) is 2.51. The molecule has 28 heavy (non-hydrogen) atoms. The molecular weight excluding hydrogens is 352 g/mol. The summed E-state index contributed by atoms with van der Waals surface area (Å²) in [7, 11) is 9.52. The van der Waals surface area contributed by atoms with E-state index >= 15 is 0 Å². The smallest absolute Gasteiger partial charge is 0.191 e. The maximum absolute atomic E-state index is 5.56. The number of nitrogens with zero attached hydrogens (tertiary/aromatic N) is 2. The fraction of sp³-hybridized carbons (Fsp3) is 0.682. The van der Waals surface area contributed by atoms with Crippen molar-refractivity contribution >= 4 is 5.96 Å². The molecule has 0 spiro atoms.